The van der Waals surface area contributed by atoms with Gasteiger partial charge in [0.1, 0.15) is 17.8 Å². The van der Waals surface area contributed by atoms with Gasteiger partial charge < -0.3 is 29.7 Å². The zero-order valence-corrected chi connectivity index (χ0v) is 18.7. The highest BCUT2D eigenvalue weighted by Crippen LogP contribution is 2.54. The Labute approximate surface area is 200 Å². The van der Waals surface area contributed by atoms with Crippen LogP contribution in [-0.2, 0) is 10.2 Å². The van der Waals surface area contributed by atoms with Crippen LogP contribution in [0.15, 0.2) is 60.7 Å². The van der Waals surface area contributed by atoms with Gasteiger partial charge in [-0.05, 0) is 42.0 Å². The van der Waals surface area contributed by atoms with Gasteiger partial charge in [-0.25, -0.2) is 4.79 Å². The third-order valence-electron chi connectivity index (χ3n) is 6.37. The molecule has 1 spiro atoms. The molecule has 0 saturated carbocycles. The van der Waals surface area contributed by atoms with Crippen molar-refractivity contribution in [2.24, 2.45) is 0 Å². The van der Waals surface area contributed by atoms with E-state index in [1.807, 2.05) is 30.3 Å². The summed E-state index contributed by atoms with van der Waals surface area (Å²) >= 11 is 5.88. The van der Waals surface area contributed by atoms with Crippen LogP contribution in [0.4, 0.5) is 16.2 Å². The maximum Gasteiger partial charge on any atom is 0.319 e. The predicted octanol–water partition coefficient (Wildman–Crippen LogP) is 3.92. The van der Waals surface area contributed by atoms with E-state index >= 15 is 0 Å². The molecule has 2 N–H and O–H groups in total. The first-order valence-electron chi connectivity index (χ1n) is 10.8. The highest BCUT2D eigenvalue weighted by atomic mass is 35.5. The highest BCUT2D eigenvalue weighted by molar-refractivity contribution is 6.30. The van der Waals surface area contributed by atoms with Gasteiger partial charge in [-0.1, -0.05) is 29.8 Å². The molecular weight excluding hydrogens is 458 g/mol. The van der Waals surface area contributed by atoms with Crippen LogP contribution < -0.4 is 29.7 Å². The van der Waals surface area contributed by atoms with Gasteiger partial charge in [-0.15, -0.1) is 0 Å². The van der Waals surface area contributed by atoms with Crippen LogP contribution in [0.1, 0.15) is 11.1 Å². The lowest BCUT2D eigenvalue weighted by molar-refractivity contribution is -0.122. The van der Waals surface area contributed by atoms with Crippen molar-refractivity contribution in [3.8, 4) is 17.2 Å². The molecule has 34 heavy (non-hydrogen) atoms. The van der Waals surface area contributed by atoms with Gasteiger partial charge in [0, 0.05) is 41.1 Å². The van der Waals surface area contributed by atoms with E-state index in [0.29, 0.717) is 34.5 Å². The molecule has 1 unspecified atom stereocenters. The van der Waals surface area contributed by atoms with E-state index in [4.69, 9.17) is 25.8 Å². The lowest BCUT2D eigenvalue weighted by Crippen LogP contribution is -2.45. The molecule has 0 fully saturated rings. The van der Waals surface area contributed by atoms with Gasteiger partial charge in [0.15, 0.2) is 11.5 Å². The molecule has 3 aromatic rings. The molecule has 1 atom stereocenters. The molecular formula is C25H20ClN3O5. The molecule has 172 valence electrons. The third kappa shape index (κ3) is 3.13. The van der Waals surface area contributed by atoms with Crippen molar-refractivity contribution in [2.45, 2.75) is 5.41 Å². The first-order valence-corrected chi connectivity index (χ1v) is 11.2. The van der Waals surface area contributed by atoms with Crippen molar-refractivity contribution in [3.63, 3.8) is 0 Å². The Balaban J connectivity index is 1.23. The molecule has 3 heterocycles. The minimum Gasteiger partial charge on any atom is -0.491 e. The summed E-state index contributed by atoms with van der Waals surface area (Å²) in [7, 11) is 0. The number of ether oxygens (including phenoxy) is 3. The number of hydrogen-bond acceptors (Lipinski definition) is 5. The van der Waals surface area contributed by atoms with Gasteiger partial charge in [0.2, 0.25) is 12.7 Å². The zero-order chi connectivity index (χ0) is 23.3. The van der Waals surface area contributed by atoms with Crippen LogP contribution in [0.2, 0.25) is 5.02 Å². The molecule has 8 nitrogen and oxygen atoms in total. The number of carbonyl (C=O) groups excluding carboxylic acids is 2. The first kappa shape index (κ1) is 20.7. The topological polar surface area (TPSA) is 89.1 Å². The number of hydrogen-bond donors (Lipinski definition) is 2. The van der Waals surface area contributed by atoms with E-state index in [0.717, 1.165) is 16.8 Å². The molecule has 0 radical (unpaired) electrons. The Bertz CT molecular complexity index is 1310. The highest BCUT2D eigenvalue weighted by Gasteiger charge is 2.57. The summed E-state index contributed by atoms with van der Waals surface area (Å²) in [5.41, 5.74) is 2.12. The fourth-order valence-corrected chi connectivity index (χ4v) is 4.90. The van der Waals surface area contributed by atoms with Crippen molar-refractivity contribution in [1.29, 1.82) is 0 Å². The molecule has 3 aliphatic rings. The molecule has 0 bridgehead atoms. The molecule has 0 aromatic heterocycles. The average Bonchev–Trinajstić information content (AvgIpc) is 3.51. The number of rotatable bonds is 4. The maximum atomic E-state index is 13.9. The summed E-state index contributed by atoms with van der Waals surface area (Å²) in [5, 5.41) is 6.15. The molecule has 9 heteroatoms. The van der Waals surface area contributed by atoms with Crippen molar-refractivity contribution in [2.75, 3.05) is 36.7 Å². The van der Waals surface area contributed by atoms with Gasteiger partial charge in [0.05, 0.1) is 0 Å². The number of fused-ring (bicyclic) bond motifs is 5. The number of benzene rings is 3. The van der Waals surface area contributed by atoms with Crippen molar-refractivity contribution < 1.29 is 23.8 Å². The van der Waals surface area contributed by atoms with Gasteiger partial charge in [-0.3, -0.25) is 4.79 Å². The first-order chi connectivity index (χ1) is 16.6. The van der Waals surface area contributed by atoms with Gasteiger partial charge in [-0.2, -0.15) is 0 Å². The van der Waals surface area contributed by atoms with Crippen molar-refractivity contribution in [1.82, 2.24) is 5.32 Å². The maximum absolute atomic E-state index is 13.9. The molecule has 3 aromatic carbocycles. The molecule has 6 rings (SSSR count). The third-order valence-corrected chi connectivity index (χ3v) is 6.62. The van der Waals surface area contributed by atoms with E-state index < -0.39 is 5.41 Å². The summed E-state index contributed by atoms with van der Waals surface area (Å²) in [6, 6.07) is 17.8. The molecule has 0 saturated heterocycles. The quantitative estimate of drug-likeness (QED) is 0.594. The van der Waals surface area contributed by atoms with Crippen LogP contribution in [-0.4, -0.2) is 38.4 Å². The van der Waals surface area contributed by atoms with Crippen LogP contribution in [0.25, 0.3) is 0 Å². The SMILES string of the molecule is O=C(NCCN1C(=O)C2(COc3cc4c(cc32)OCO4)c2ccccc21)Nc1ccc(Cl)cc1. The van der Waals surface area contributed by atoms with E-state index in [1.165, 1.54) is 0 Å². The summed E-state index contributed by atoms with van der Waals surface area (Å²) in [5.74, 6) is 1.75. The zero-order valence-electron chi connectivity index (χ0n) is 18.0. The number of nitrogens with zero attached hydrogens (tertiary/aromatic N) is 1. The van der Waals surface area contributed by atoms with E-state index in [2.05, 4.69) is 10.6 Å². The monoisotopic (exact) mass is 477 g/mol. The minimum atomic E-state index is -0.960. The number of halogens is 1. The smallest absolute Gasteiger partial charge is 0.319 e. The van der Waals surface area contributed by atoms with E-state index in [1.54, 1.807) is 35.2 Å². The Morgan fingerprint density at radius 3 is 2.56 bits per heavy atom. The largest absolute Gasteiger partial charge is 0.491 e. The normalized spacial score (nSPS) is 19.1. The second kappa shape index (κ2) is 7.85. The Morgan fingerprint density at radius 2 is 1.74 bits per heavy atom. The number of nitrogens with one attached hydrogen (secondary N) is 2. The van der Waals surface area contributed by atoms with Crippen LogP contribution in [0.3, 0.4) is 0 Å². The summed E-state index contributed by atoms with van der Waals surface area (Å²) < 4.78 is 17.0. The minimum absolute atomic E-state index is 0.0915. The van der Waals surface area contributed by atoms with Gasteiger partial charge >= 0.3 is 6.03 Å². The summed E-state index contributed by atoms with van der Waals surface area (Å²) in [4.78, 5) is 27.9. The van der Waals surface area contributed by atoms with Gasteiger partial charge in [0.25, 0.3) is 0 Å². The lowest BCUT2D eigenvalue weighted by atomic mass is 9.77. The molecule has 3 aliphatic heterocycles. The number of amides is 3. The van der Waals surface area contributed by atoms with Crippen LogP contribution >= 0.6 is 11.6 Å². The van der Waals surface area contributed by atoms with E-state index in [9.17, 15) is 9.59 Å². The number of carbonyl (C=O) groups is 2. The lowest BCUT2D eigenvalue weighted by Gasteiger charge is -2.23. The second-order valence-corrected chi connectivity index (χ2v) is 8.69. The summed E-state index contributed by atoms with van der Waals surface area (Å²) in [6.45, 7) is 0.920. The van der Waals surface area contributed by atoms with Crippen LogP contribution in [0.5, 0.6) is 17.2 Å². The fourth-order valence-electron chi connectivity index (χ4n) is 4.78. The van der Waals surface area contributed by atoms with E-state index in [-0.39, 0.29) is 31.9 Å². The predicted molar refractivity (Wildman–Crippen MR) is 126 cm³/mol. The van der Waals surface area contributed by atoms with Crippen molar-refractivity contribution in [3.05, 3.63) is 76.8 Å². The number of anilines is 2. The second-order valence-electron chi connectivity index (χ2n) is 8.26. The standard InChI is InChI=1S/C25H20ClN3O5/c26-15-5-7-16(8-6-15)28-24(31)27-9-10-29-19-4-2-1-3-17(19)25(23(29)30)13-32-20-12-22-21(11-18(20)25)33-14-34-22/h1-8,11-12H,9-10,13-14H2,(H2,27,28,31). The Kier molecular flexibility index (Phi) is 4.77. The van der Waals surface area contributed by atoms with Crippen LogP contribution in [0, 0.1) is 0 Å². The fraction of sp³-hybridized carbons (Fsp3) is 0.200. The summed E-state index contributed by atoms with van der Waals surface area (Å²) in [6.07, 6.45) is 0. The van der Waals surface area contributed by atoms with Crippen molar-refractivity contribution >= 4 is 34.9 Å². The number of urea groups is 1. The molecule has 0 aliphatic carbocycles. The Hall–Kier alpha value is -3.91. The number of para-hydroxylation sites is 1. The molecule has 3 amide bonds. The average molecular weight is 478 g/mol. The Morgan fingerprint density at radius 1 is 0.971 bits per heavy atom.